The molecule has 1 amide bonds. The molecule has 2 heterocycles. The van der Waals surface area contributed by atoms with Gasteiger partial charge in [-0.2, -0.15) is 4.48 Å². The number of carbonyl (C=O) groups excluding carboxylic acids is 1. The topological polar surface area (TPSA) is 20.3 Å². The molecule has 0 N–H and O–H groups in total. The molecule has 0 spiro atoms. The maximum absolute atomic E-state index is 14.1. The van der Waals surface area contributed by atoms with Crippen LogP contribution in [0.2, 0.25) is 10.0 Å². The van der Waals surface area contributed by atoms with Gasteiger partial charge in [-0.3, -0.25) is 0 Å². The molecule has 0 aromatic heterocycles. The summed E-state index contributed by atoms with van der Waals surface area (Å²) in [6.45, 7) is 5.81. The van der Waals surface area contributed by atoms with Gasteiger partial charge in [0.2, 0.25) is 6.17 Å². The van der Waals surface area contributed by atoms with Crippen molar-refractivity contribution in [2.24, 2.45) is 0 Å². The van der Waals surface area contributed by atoms with Crippen molar-refractivity contribution < 1.29 is 4.79 Å². The van der Waals surface area contributed by atoms with Gasteiger partial charge in [-0.05, 0) is 37.6 Å². The van der Waals surface area contributed by atoms with Crippen LogP contribution in [0.5, 0.6) is 0 Å². The van der Waals surface area contributed by atoms with Crippen LogP contribution in [-0.2, 0) is 0 Å². The average molecular weight is 412 g/mol. The van der Waals surface area contributed by atoms with Crippen LogP contribution in [0, 0.1) is 0 Å². The maximum Gasteiger partial charge on any atom is 0.353 e. The zero-order valence-electron chi connectivity index (χ0n) is 15.9. The second-order valence-corrected chi connectivity index (χ2v) is 8.40. The Kier molecular flexibility index (Phi) is 3.99. The molecule has 0 saturated carbocycles. The second kappa shape index (κ2) is 6.21. The summed E-state index contributed by atoms with van der Waals surface area (Å²) in [5, 5.41) is 3.32. The standard InChI is InChI=1S/C23H21Cl2N2O/c1-3-12-27-20-11-8-14(24)13-19(20)26(4-2)22(27)16-7-5-6-15-18(25)10-9-17(21(15)16)23(27)28/h5-11,13,22H,3-4,12H2,1-2H3/q+1. The Morgan fingerprint density at radius 3 is 2.64 bits per heavy atom. The minimum Gasteiger partial charge on any atom is -0.313 e. The van der Waals surface area contributed by atoms with E-state index in [-0.39, 0.29) is 12.1 Å². The predicted octanol–water partition coefficient (Wildman–Crippen LogP) is 6.56. The fourth-order valence-electron chi connectivity index (χ4n) is 5.24. The molecule has 2 atom stereocenters. The van der Waals surface area contributed by atoms with E-state index in [0.29, 0.717) is 14.5 Å². The first-order valence-corrected chi connectivity index (χ1v) is 10.5. The minimum atomic E-state index is -0.0967. The van der Waals surface area contributed by atoms with Crippen molar-refractivity contribution >= 4 is 51.3 Å². The van der Waals surface area contributed by atoms with Gasteiger partial charge < -0.3 is 4.90 Å². The highest BCUT2D eigenvalue weighted by Crippen LogP contribution is 2.57. The summed E-state index contributed by atoms with van der Waals surface area (Å²) in [6.07, 6.45) is 0.807. The van der Waals surface area contributed by atoms with Gasteiger partial charge in [0.25, 0.3) is 0 Å². The molecule has 3 aromatic carbocycles. The lowest BCUT2D eigenvalue weighted by Crippen LogP contribution is -2.59. The fourth-order valence-corrected chi connectivity index (χ4v) is 5.63. The molecular weight excluding hydrogens is 391 g/mol. The van der Waals surface area contributed by atoms with E-state index < -0.39 is 0 Å². The highest BCUT2D eigenvalue weighted by Gasteiger charge is 2.59. The van der Waals surface area contributed by atoms with Crippen LogP contribution < -0.4 is 9.38 Å². The molecule has 2 aliphatic rings. The zero-order valence-corrected chi connectivity index (χ0v) is 17.4. The number of benzene rings is 3. The van der Waals surface area contributed by atoms with Crippen LogP contribution in [0.25, 0.3) is 10.8 Å². The van der Waals surface area contributed by atoms with E-state index in [1.54, 1.807) is 0 Å². The third-order valence-electron chi connectivity index (χ3n) is 6.20. The molecule has 3 nitrogen and oxygen atoms in total. The number of rotatable bonds is 3. The number of halogens is 2. The number of hydrogen-bond acceptors (Lipinski definition) is 2. The van der Waals surface area contributed by atoms with Crippen molar-refractivity contribution in [2.75, 3.05) is 18.0 Å². The van der Waals surface area contributed by atoms with E-state index in [9.17, 15) is 4.79 Å². The van der Waals surface area contributed by atoms with Gasteiger partial charge in [0, 0.05) is 39.0 Å². The first-order chi connectivity index (χ1) is 13.5. The molecular formula is C23H21Cl2N2O+. The summed E-state index contributed by atoms with van der Waals surface area (Å²) < 4.78 is 0.296. The highest BCUT2D eigenvalue weighted by atomic mass is 35.5. The van der Waals surface area contributed by atoms with Gasteiger partial charge in [-0.25, -0.2) is 4.79 Å². The molecule has 2 aliphatic heterocycles. The maximum atomic E-state index is 14.1. The SMILES string of the molecule is CCC[N+]12C(=O)c3ccc(Cl)c4cccc(c34)C1N(CC)c1cc(Cl)ccc12. The predicted molar refractivity (Wildman–Crippen MR) is 117 cm³/mol. The van der Waals surface area contributed by atoms with Crippen LogP contribution in [0.3, 0.4) is 0 Å². The van der Waals surface area contributed by atoms with Gasteiger partial charge in [0.15, 0.2) is 5.69 Å². The van der Waals surface area contributed by atoms with Crippen LogP contribution in [0.1, 0.15) is 42.4 Å². The summed E-state index contributed by atoms with van der Waals surface area (Å²) in [5.74, 6) is 0.145. The Morgan fingerprint density at radius 1 is 1.07 bits per heavy atom. The largest absolute Gasteiger partial charge is 0.353 e. The fraction of sp³-hybridized carbons (Fsp3) is 0.261. The monoisotopic (exact) mass is 411 g/mol. The van der Waals surface area contributed by atoms with Crippen LogP contribution in [0.15, 0.2) is 48.5 Å². The summed E-state index contributed by atoms with van der Waals surface area (Å²) in [4.78, 5) is 16.4. The molecule has 5 rings (SSSR count). The van der Waals surface area contributed by atoms with Crippen molar-refractivity contribution in [1.82, 2.24) is 4.48 Å². The van der Waals surface area contributed by atoms with Gasteiger partial charge >= 0.3 is 5.91 Å². The molecule has 0 saturated heterocycles. The quantitative estimate of drug-likeness (QED) is 0.455. The van der Waals surface area contributed by atoms with E-state index in [2.05, 4.69) is 24.8 Å². The average Bonchev–Trinajstić information content (AvgIpc) is 2.97. The Balaban J connectivity index is 1.93. The van der Waals surface area contributed by atoms with Crippen LogP contribution in [-0.4, -0.2) is 19.0 Å². The summed E-state index contributed by atoms with van der Waals surface area (Å²) >= 11 is 12.9. The molecule has 0 fully saturated rings. The summed E-state index contributed by atoms with van der Waals surface area (Å²) in [7, 11) is 0. The molecule has 5 heteroatoms. The number of hydrogen-bond donors (Lipinski definition) is 0. The lowest BCUT2D eigenvalue weighted by atomic mass is 9.90. The van der Waals surface area contributed by atoms with E-state index in [0.717, 1.165) is 52.8 Å². The molecule has 0 radical (unpaired) electrons. The Labute approximate surface area is 174 Å². The summed E-state index contributed by atoms with van der Waals surface area (Å²) in [6, 6.07) is 15.9. The smallest absolute Gasteiger partial charge is 0.313 e. The number of nitrogens with zero attached hydrogens (tertiary/aromatic N) is 2. The lowest BCUT2D eigenvalue weighted by Gasteiger charge is -2.42. The van der Waals surface area contributed by atoms with Gasteiger partial charge in [-0.15, -0.1) is 0 Å². The van der Waals surface area contributed by atoms with E-state index in [1.165, 1.54) is 0 Å². The van der Waals surface area contributed by atoms with Crippen LogP contribution in [0.4, 0.5) is 11.4 Å². The van der Waals surface area contributed by atoms with Gasteiger partial charge in [0.1, 0.15) is 5.69 Å². The second-order valence-electron chi connectivity index (χ2n) is 7.56. The number of carbonyl (C=O) groups is 1. The van der Waals surface area contributed by atoms with Crippen molar-refractivity contribution in [1.29, 1.82) is 0 Å². The highest BCUT2D eigenvalue weighted by molar-refractivity contribution is 6.37. The number of amides is 1. The minimum absolute atomic E-state index is 0.0967. The normalized spacial score (nSPS) is 22.5. The van der Waals surface area contributed by atoms with Crippen molar-refractivity contribution in [3.8, 4) is 0 Å². The number of fused-ring (bicyclic) bond motifs is 4. The van der Waals surface area contributed by atoms with Crippen molar-refractivity contribution in [3.05, 3.63) is 69.7 Å². The molecule has 2 unspecified atom stereocenters. The first kappa shape index (κ1) is 18.0. The van der Waals surface area contributed by atoms with Gasteiger partial charge in [0.05, 0.1) is 12.1 Å². The van der Waals surface area contributed by atoms with Crippen molar-refractivity contribution in [2.45, 2.75) is 26.4 Å². The molecule has 3 aromatic rings. The molecule has 0 bridgehead atoms. The van der Waals surface area contributed by atoms with E-state index in [4.69, 9.17) is 23.2 Å². The van der Waals surface area contributed by atoms with Crippen LogP contribution >= 0.6 is 23.2 Å². The van der Waals surface area contributed by atoms with Gasteiger partial charge in [-0.1, -0.05) is 48.3 Å². The number of anilines is 1. The Hall–Kier alpha value is -2.07. The Morgan fingerprint density at radius 2 is 1.89 bits per heavy atom. The molecule has 28 heavy (non-hydrogen) atoms. The van der Waals surface area contributed by atoms with E-state index in [1.807, 2.05) is 42.5 Å². The Bertz CT molecular complexity index is 1140. The third kappa shape index (κ3) is 2.07. The summed E-state index contributed by atoms with van der Waals surface area (Å²) in [5.41, 5.74) is 4.02. The number of quaternary nitrogens is 1. The third-order valence-corrected chi connectivity index (χ3v) is 6.76. The van der Waals surface area contributed by atoms with E-state index >= 15 is 0 Å². The molecule has 142 valence electrons. The first-order valence-electron chi connectivity index (χ1n) is 9.75. The molecule has 0 aliphatic carbocycles. The van der Waals surface area contributed by atoms with Crippen molar-refractivity contribution in [3.63, 3.8) is 0 Å². The zero-order chi connectivity index (χ0) is 19.6. The lowest BCUT2D eigenvalue weighted by molar-refractivity contribution is 0.0698.